The number of hydrogen-bond acceptors (Lipinski definition) is 2. The highest BCUT2D eigenvalue weighted by atomic mass is 32.2. The molecule has 0 aromatic heterocycles. The predicted octanol–water partition coefficient (Wildman–Crippen LogP) is 4.35. The molecule has 3 nitrogen and oxygen atoms in total. The average Bonchev–Trinajstić information content (AvgIpc) is 2.29. The van der Waals surface area contributed by atoms with Crippen LogP contribution in [0.25, 0.3) is 0 Å². The lowest BCUT2D eigenvalue weighted by Gasteiger charge is -1.99. The van der Waals surface area contributed by atoms with E-state index in [1.807, 2.05) is 12.2 Å². The molecule has 0 aliphatic heterocycles. The fourth-order valence-electron chi connectivity index (χ4n) is 1.85. The van der Waals surface area contributed by atoms with Crippen molar-refractivity contribution in [1.82, 2.24) is 0 Å². The van der Waals surface area contributed by atoms with Gasteiger partial charge in [-0.25, -0.2) is 0 Å². The Balaban J connectivity index is 3.18. The van der Waals surface area contributed by atoms with E-state index in [0.717, 1.165) is 6.42 Å². The molecule has 1 N–H and O–H groups in total. The highest BCUT2D eigenvalue weighted by Crippen LogP contribution is 2.09. The largest absolute Gasteiger partial charge is 0.286 e. The predicted molar refractivity (Wildman–Crippen MR) is 77.4 cm³/mol. The number of allylic oxidation sites excluding steroid dienone is 2. The van der Waals surface area contributed by atoms with Gasteiger partial charge in [0.2, 0.25) is 0 Å². The van der Waals surface area contributed by atoms with Crippen molar-refractivity contribution in [1.29, 1.82) is 0 Å². The van der Waals surface area contributed by atoms with Gasteiger partial charge in [-0.2, -0.15) is 8.42 Å². The molecular formula is C14H28O3S. The lowest BCUT2D eigenvalue weighted by molar-refractivity contribution is 0.483. The van der Waals surface area contributed by atoms with Crippen molar-refractivity contribution in [2.24, 2.45) is 0 Å². The Hall–Kier alpha value is -0.350. The molecule has 0 radical (unpaired) electrons. The van der Waals surface area contributed by atoms with Crippen LogP contribution in [0.3, 0.4) is 0 Å². The molecule has 0 heterocycles. The minimum absolute atomic E-state index is 0.166. The van der Waals surface area contributed by atoms with Crippen molar-refractivity contribution in [2.45, 2.75) is 71.1 Å². The normalized spacial score (nSPS) is 12.3. The van der Waals surface area contributed by atoms with Gasteiger partial charge in [0.1, 0.15) is 0 Å². The van der Waals surface area contributed by atoms with Crippen molar-refractivity contribution >= 4 is 10.1 Å². The van der Waals surface area contributed by atoms with Gasteiger partial charge in [0.05, 0.1) is 5.75 Å². The van der Waals surface area contributed by atoms with Crippen LogP contribution < -0.4 is 0 Å². The summed E-state index contributed by atoms with van der Waals surface area (Å²) in [6.45, 7) is 2.23. The van der Waals surface area contributed by atoms with Gasteiger partial charge in [-0.15, -0.1) is 0 Å². The van der Waals surface area contributed by atoms with Gasteiger partial charge >= 0.3 is 0 Å². The Labute approximate surface area is 112 Å². The third-order valence-electron chi connectivity index (χ3n) is 2.93. The van der Waals surface area contributed by atoms with Crippen molar-refractivity contribution in [2.75, 3.05) is 5.75 Å². The maximum atomic E-state index is 10.4. The maximum absolute atomic E-state index is 10.4. The summed E-state index contributed by atoms with van der Waals surface area (Å²) >= 11 is 0. The first-order valence-electron chi connectivity index (χ1n) is 7.16. The van der Waals surface area contributed by atoms with Gasteiger partial charge in [-0.05, 0) is 19.3 Å². The van der Waals surface area contributed by atoms with E-state index >= 15 is 0 Å². The van der Waals surface area contributed by atoms with Gasteiger partial charge in [0.25, 0.3) is 10.1 Å². The fourth-order valence-corrected chi connectivity index (χ4v) is 2.28. The quantitative estimate of drug-likeness (QED) is 0.327. The summed E-state index contributed by atoms with van der Waals surface area (Å²) in [4.78, 5) is 0. The number of rotatable bonds is 12. The van der Waals surface area contributed by atoms with Gasteiger partial charge in [0.15, 0.2) is 0 Å². The molecule has 18 heavy (non-hydrogen) atoms. The van der Waals surface area contributed by atoms with Crippen LogP contribution in [0.1, 0.15) is 71.1 Å². The average molecular weight is 276 g/mol. The Kier molecular flexibility index (Phi) is 11.5. The van der Waals surface area contributed by atoms with Crippen LogP contribution in [0.5, 0.6) is 0 Å². The summed E-state index contributed by atoms with van der Waals surface area (Å²) in [5.41, 5.74) is 0. The summed E-state index contributed by atoms with van der Waals surface area (Å²) in [5.74, 6) is -0.166. The molecule has 0 saturated carbocycles. The Morgan fingerprint density at radius 3 is 1.89 bits per heavy atom. The minimum atomic E-state index is -3.79. The summed E-state index contributed by atoms with van der Waals surface area (Å²) in [5, 5.41) is 0. The molecule has 0 bridgehead atoms. The first-order valence-corrected chi connectivity index (χ1v) is 8.77. The van der Waals surface area contributed by atoms with Crippen LogP contribution in [-0.4, -0.2) is 18.7 Å². The zero-order valence-corrected chi connectivity index (χ0v) is 12.4. The van der Waals surface area contributed by atoms with E-state index in [2.05, 4.69) is 6.92 Å². The topological polar surface area (TPSA) is 54.4 Å². The van der Waals surface area contributed by atoms with E-state index in [9.17, 15) is 8.42 Å². The van der Waals surface area contributed by atoms with Crippen molar-refractivity contribution < 1.29 is 13.0 Å². The van der Waals surface area contributed by atoms with Gasteiger partial charge in [-0.1, -0.05) is 64.0 Å². The summed E-state index contributed by atoms with van der Waals surface area (Å²) in [7, 11) is -3.79. The third-order valence-corrected chi connectivity index (χ3v) is 3.69. The van der Waals surface area contributed by atoms with Crippen molar-refractivity contribution in [3.05, 3.63) is 12.2 Å². The van der Waals surface area contributed by atoms with E-state index < -0.39 is 10.1 Å². The lowest BCUT2D eigenvalue weighted by atomic mass is 10.1. The van der Waals surface area contributed by atoms with Gasteiger partial charge in [0, 0.05) is 0 Å². The molecule has 0 spiro atoms. The fraction of sp³-hybridized carbons (Fsp3) is 0.857. The smallest absolute Gasteiger partial charge is 0.265 e. The second kappa shape index (κ2) is 11.7. The number of unbranched alkanes of at least 4 members (excludes halogenated alkanes) is 8. The maximum Gasteiger partial charge on any atom is 0.265 e. The van der Waals surface area contributed by atoms with Gasteiger partial charge < -0.3 is 0 Å². The van der Waals surface area contributed by atoms with E-state index in [1.165, 1.54) is 51.4 Å². The van der Waals surface area contributed by atoms with E-state index in [4.69, 9.17) is 4.55 Å². The molecule has 0 aliphatic carbocycles. The molecule has 0 unspecified atom stereocenters. The molecule has 4 heteroatoms. The second-order valence-electron chi connectivity index (χ2n) is 4.81. The first kappa shape index (κ1) is 17.6. The monoisotopic (exact) mass is 276 g/mol. The van der Waals surface area contributed by atoms with E-state index in [0.29, 0.717) is 6.42 Å². The molecule has 0 amide bonds. The number of hydrogen-bond donors (Lipinski definition) is 1. The van der Waals surface area contributed by atoms with Crippen molar-refractivity contribution in [3.8, 4) is 0 Å². The van der Waals surface area contributed by atoms with Crippen LogP contribution in [-0.2, 0) is 10.1 Å². The van der Waals surface area contributed by atoms with Crippen molar-refractivity contribution in [3.63, 3.8) is 0 Å². The zero-order chi connectivity index (χ0) is 13.7. The zero-order valence-electron chi connectivity index (χ0n) is 11.6. The van der Waals surface area contributed by atoms with Crippen LogP contribution in [0.15, 0.2) is 12.2 Å². The summed E-state index contributed by atoms with van der Waals surface area (Å²) in [6, 6.07) is 0. The molecule has 108 valence electrons. The van der Waals surface area contributed by atoms with Crippen LogP contribution in [0.2, 0.25) is 0 Å². The molecule has 0 rings (SSSR count). The Morgan fingerprint density at radius 2 is 1.33 bits per heavy atom. The van der Waals surface area contributed by atoms with Crippen LogP contribution in [0, 0.1) is 0 Å². The third kappa shape index (κ3) is 15.6. The lowest BCUT2D eigenvalue weighted by Crippen LogP contribution is -2.01. The Morgan fingerprint density at radius 1 is 0.833 bits per heavy atom. The molecule has 0 saturated heterocycles. The first-order chi connectivity index (χ1) is 8.56. The molecule has 0 fully saturated rings. The van der Waals surface area contributed by atoms with Crippen LogP contribution in [0.4, 0.5) is 0 Å². The van der Waals surface area contributed by atoms with E-state index in [-0.39, 0.29) is 5.75 Å². The summed E-state index contributed by atoms with van der Waals surface area (Å²) in [6.07, 6.45) is 15.8. The van der Waals surface area contributed by atoms with Gasteiger partial charge in [-0.3, -0.25) is 4.55 Å². The standard InChI is InChI=1S/C14H28O3S/c1-2-3-4-5-6-7-8-9-10-11-12-13-14-18(15,16)17/h11-12H,2-10,13-14H2,1H3,(H,15,16,17)/b12-11+. The minimum Gasteiger partial charge on any atom is -0.286 e. The van der Waals surface area contributed by atoms with E-state index in [1.54, 1.807) is 0 Å². The molecule has 0 atom stereocenters. The highest BCUT2D eigenvalue weighted by molar-refractivity contribution is 7.85. The Bertz CT molecular complexity index is 294. The molecule has 0 aromatic rings. The molecule has 0 aromatic carbocycles. The SMILES string of the molecule is CCCCCCCCCC/C=C/CCS(=O)(=O)O. The highest BCUT2D eigenvalue weighted by Gasteiger charge is 2.00. The molecular weight excluding hydrogens is 248 g/mol. The summed E-state index contributed by atoms with van der Waals surface area (Å²) < 4.78 is 29.4. The van der Waals surface area contributed by atoms with Crippen LogP contribution >= 0.6 is 0 Å². The second-order valence-corrected chi connectivity index (χ2v) is 6.38. The molecule has 0 aliphatic rings.